The Bertz CT molecular complexity index is 593. The molecule has 0 radical (unpaired) electrons. The Morgan fingerprint density at radius 1 is 1.19 bits per heavy atom. The number of carbonyl (C=O) groups is 1. The third kappa shape index (κ3) is 4.60. The van der Waals surface area contributed by atoms with Gasteiger partial charge in [-0.25, -0.2) is 0 Å². The first-order valence-electron chi connectivity index (χ1n) is 7.21. The Morgan fingerprint density at radius 2 is 1.95 bits per heavy atom. The summed E-state index contributed by atoms with van der Waals surface area (Å²) in [6.07, 6.45) is 4.35. The van der Waals surface area contributed by atoms with Crippen molar-refractivity contribution in [1.29, 1.82) is 0 Å². The molecule has 1 heterocycles. The summed E-state index contributed by atoms with van der Waals surface area (Å²) in [5, 5.41) is 6.14. The number of aryl methyl sites for hydroxylation is 1. The molecule has 0 saturated carbocycles. The molecule has 0 aliphatic carbocycles. The van der Waals surface area contributed by atoms with Gasteiger partial charge in [0, 0.05) is 25.5 Å². The third-order valence-electron chi connectivity index (χ3n) is 3.15. The first-order chi connectivity index (χ1) is 10.2. The number of benzene rings is 1. The zero-order valence-electron chi connectivity index (χ0n) is 12.5. The van der Waals surface area contributed by atoms with Gasteiger partial charge in [-0.3, -0.25) is 9.78 Å². The van der Waals surface area contributed by atoms with Gasteiger partial charge in [0.1, 0.15) is 0 Å². The van der Waals surface area contributed by atoms with E-state index in [9.17, 15) is 4.79 Å². The Balaban J connectivity index is 1.95. The largest absolute Gasteiger partial charge is 0.384 e. The number of anilines is 1. The molecule has 0 unspecified atom stereocenters. The molecule has 0 bridgehead atoms. The van der Waals surface area contributed by atoms with Gasteiger partial charge < -0.3 is 10.6 Å². The van der Waals surface area contributed by atoms with Gasteiger partial charge in [0.2, 0.25) is 0 Å². The van der Waals surface area contributed by atoms with E-state index in [0.717, 1.165) is 24.2 Å². The zero-order chi connectivity index (χ0) is 15.1. The smallest absolute Gasteiger partial charge is 0.253 e. The van der Waals surface area contributed by atoms with Gasteiger partial charge in [0.05, 0.1) is 11.3 Å². The molecule has 21 heavy (non-hydrogen) atoms. The first kappa shape index (κ1) is 15.0. The minimum atomic E-state index is -0.108. The van der Waals surface area contributed by atoms with Crippen LogP contribution in [0.3, 0.4) is 0 Å². The summed E-state index contributed by atoms with van der Waals surface area (Å²) in [6.45, 7) is 5.53. The van der Waals surface area contributed by atoms with Gasteiger partial charge in [-0.15, -0.1) is 0 Å². The molecular weight excluding hydrogens is 262 g/mol. The molecule has 0 spiro atoms. The van der Waals surface area contributed by atoms with Crippen LogP contribution in [-0.2, 0) is 6.54 Å². The second kappa shape index (κ2) is 7.43. The summed E-state index contributed by atoms with van der Waals surface area (Å²) in [5.41, 5.74) is 3.74. The number of carbonyl (C=O) groups excluding carboxylic acids is 1. The number of nitrogens with zero attached hydrogens (tertiary/aromatic N) is 1. The van der Waals surface area contributed by atoms with Crippen LogP contribution in [0, 0.1) is 6.92 Å². The van der Waals surface area contributed by atoms with Crippen molar-refractivity contribution in [3.05, 3.63) is 59.4 Å². The lowest BCUT2D eigenvalue weighted by atomic mass is 10.1. The Hall–Kier alpha value is -2.36. The van der Waals surface area contributed by atoms with Crippen molar-refractivity contribution in [3.8, 4) is 0 Å². The van der Waals surface area contributed by atoms with Crippen molar-refractivity contribution in [2.24, 2.45) is 0 Å². The topological polar surface area (TPSA) is 54.0 Å². The van der Waals surface area contributed by atoms with Crippen LogP contribution >= 0.6 is 0 Å². The van der Waals surface area contributed by atoms with Gasteiger partial charge >= 0.3 is 0 Å². The Morgan fingerprint density at radius 3 is 2.67 bits per heavy atom. The molecule has 0 aliphatic rings. The molecule has 2 aromatic rings. The Kier molecular flexibility index (Phi) is 5.32. The maximum absolute atomic E-state index is 12.1. The second-order valence-electron chi connectivity index (χ2n) is 5.06. The molecule has 4 nitrogen and oxygen atoms in total. The maximum Gasteiger partial charge on any atom is 0.253 e. The molecule has 1 aromatic heterocycles. The molecule has 0 atom stereocenters. The fourth-order valence-corrected chi connectivity index (χ4v) is 1.92. The summed E-state index contributed by atoms with van der Waals surface area (Å²) in [5.74, 6) is -0.108. The summed E-state index contributed by atoms with van der Waals surface area (Å²) in [7, 11) is 0. The van der Waals surface area contributed by atoms with E-state index in [2.05, 4.69) is 22.5 Å². The molecule has 0 fully saturated rings. The van der Waals surface area contributed by atoms with Crippen molar-refractivity contribution in [2.75, 3.05) is 11.9 Å². The van der Waals surface area contributed by atoms with Crippen LogP contribution in [0.15, 0.2) is 42.7 Å². The zero-order valence-corrected chi connectivity index (χ0v) is 12.5. The molecule has 1 amide bonds. The molecule has 4 heteroatoms. The van der Waals surface area contributed by atoms with E-state index in [-0.39, 0.29) is 5.91 Å². The van der Waals surface area contributed by atoms with Crippen LogP contribution in [-0.4, -0.2) is 17.4 Å². The van der Waals surface area contributed by atoms with E-state index in [1.807, 2.05) is 37.3 Å². The third-order valence-corrected chi connectivity index (χ3v) is 3.15. The molecule has 1 aromatic carbocycles. The number of hydrogen-bond acceptors (Lipinski definition) is 3. The standard InChI is InChI=1S/C17H21N3O/c1-3-8-19-16-9-15(11-18-12-16)17(21)20-10-14-6-4-13(2)5-7-14/h4-7,9,11-12,19H,3,8,10H2,1-2H3,(H,20,21). The predicted octanol–water partition coefficient (Wildman–Crippen LogP) is 3.14. The lowest BCUT2D eigenvalue weighted by molar-refractivity contribution is 0.0950. The fraction of sp³-hybridized carbons (Fsp3) is 0.294. The normalized spacial score (nSPS) is 10.2. The van der Waals surface area contributed by atoms with Gasteiger partial charge in [0.25, 0.3) is 5.91 Å². The van der Waals surface area contributed by atoms with E-state index < -0.39 is 0 Å². The summed E-state index contributed by atoms with van der Waals surface area (Å²) in [4.78, 5) is 16.2. The van der Waals surface area contributed by atoms with Crippen molar-refractivity contribution >= 4 is 11.6 Å². The predicted molar refractivity (Wildman–Crippen MR) is 85.4 cm³/mol. The van der Waals surface area contributed by atoms with E-state index in [1.54, 1.807) is 12.4 Å². The molecule has 2 N–H and O–H groups in total. The molecule has 0 aliphatic heterocycles. The highest BCUT2D eigenvalue weighted by molar-refractivity contribution is 5.94. The van der Waals surface area contributed by atoms with Gasteiger partial charge in [0.15, 0.2) is 0 Å². The Labute approximate surface area is 125 Å². The summed E-state index contributed by atoms with van der Waals surface area (Å²) >= 11 is 0. The average Bonchev–Trinajstić information content (AvgIpc) is 2.52. The minimum absolute atomic E-state index is 0.108. The minimum Gasteiger partial charge on any atom is -0.384 e. The van der Waals surface area contributed by atoms with Gasteiger partial charge in [-0.2, -0.15) is 0 Å². The fourth-order valence-electron chi connectivity index (χ4n) is 1.92. The summed E-state index contributed by atoms with van der Waals surface area (Å²) in [6, 6.07) is 9.95. The van der Waals surface area contributed by atoms with Crippen molar-refractivity contribution in [2.45, 2.75) is 26.8 Å². The highest BCUT2D eigenvalue weighted by Crippen LogP contribution is 2.09. The number of nitrogens with one attached hydrogen (secondary N) is 2. The lowest BCUT2D eigenvalue weighted by Crippen LogP contribution is -2.23. The number of hydrogen-bond donors (Lipinski definition) is 2. The van der Waals surface area contributed by atoms with Crippen LogP contribution in [0.5, 0.6) is 0 Å². The number of pyridine rings is 1. The summed E-state index contributed by atoms with van der Waals surface area (Å²) < 4.78 is 0. The monoisotopic (exact) mass is 283 g/mol. The van der Waals surface area contributed by atoms with Crippen LogP contribution in [0.4, 0.5) is 5.69 Å². The van der Waals surface area contributed by atoms with Crippen LogP contribution in [0.1, 0.15) is 34.8 Å². The maximum atomic E-state index is 12.1. The van der Waals surface area contributed by atoms with E-state index in [4.69, 9.17) is 0 Å². The van der Waals surface area contributed by atoms with Crippen molar-refractivity contribution in [3.63, 3.8) is 0 Å². The average molecular weight is 283 g/mol. The van der Waals surface area contributed by atoms with E-state index in [0.29, 0.717) is 12.1 Å². The number of aromatic nitrogens is 1. The first-order valence-corrected chi connectivity index (χ1v) is 7.21. The highest BCUT2D eigenvalue weighted by atomic mass is 16.1. The quantitative estimate of drug-likeness (QED) is 0.856. The number of amides is 1. The molecule has 0 saturated heterocycles. The van der Waals surface area contributed by atoms with Crippen LogP contribution < -0.4 is 10.6 Å². The molecule has 110 valence electrons. The van der Waals surface area contributed by atoms with Crippen molar-refractivity contribution in [1.82, 2.24) is 10.3 Å². The molecular formula is C17H21N3O. The highest BCUT2D eigenvalue weighted by Gasteiger charge is 2.06. The van der Waals surface area contributed by atoms with Crippen LogP contribution in [0.2, 0.25) is 0 Å². The lowest BCUT2D eigenvalue weighted by Gasteiger charge is -2.08. The van der Waals surface area contributed by atoms with Crippen molar-refractivity contribution < 1.29 is 4.79 Å². The van der Waals surface area contributed by atoms with Gasteiger partial charge in [-0.1, -0.05) is 36.8 Å². The van der Waals surface area contributed by atoms with Crippen LogP contribution in [0.25, 0.3) is 0 Å². The van der Waals surface area contributed by atoms with E-state index in [1.165, 1.54) is 5.56 Å². The second-order valence-corrected chi connectivity index (χ2v) is 5.06. The SMILES string of the molecule is CCCNc1cncc(C(=O)NCc2ccc(C)cc2)c1. The number of rotatable bonds is 6. The van der Waals surface area contributed by atoms with E-state index >= 15 is 0 Å². The molecule has 2 rings (SSSR count). The van der Waals surface area contributed by atoms with Gasteiger partial charge in [-0.05, 0) is 25.0 Å².